The molecule has 0 aromatic carbocycles. The Balaban J connectivity index is 2.96. The maximum Gasteiger partial charge on any atom is 0.434 e. The van der Waals surface area contributed by atoms with Gasteiger partial charge < -0.3 is 14.7 Å². The Bertz CT molecular complexity index is 716. The zero-order valence-corrected chi connectivity index (χ0v) is 13.0. The van der Waals surface area contributed by atoms with E-state index in [9.17, 15) is 36.6 Å². The first kappa shape index (κ1) is 18.9. The SMILES string of the molecule is COC(=O)c1c(C(F)F)nc(C(F)(F)F)c(C(=O)O)c1N(C)C1CC1. The fourth-order valence-corrected chi connectivity index (χ4v) is 2.46. The normalized spacial score (nSPS) is 14.6. The predicted molar refractivity (Wildman–Crippen MR) is 73.9 cm³/mol. The third-order valence-corrected chi connectivity index (χ3v) is 3.72. The Kier molecular flexibility index (Phi) is 4.87. The van der Waals surface area contributed by atoms with Gasteiger partial charge in [-0.05, 0) is 12.8 Å². The Hall–Kier alpha value is -2.46. The first-order chi connectivity index (χ1) is 11.5. The van der Waals surface area contributed by atoms with Gasteiger partial charge >= 0.3 is 18.1 Å². The lowest BCUT2D eigenvalue weighted by Gasteiger charge is -2.26. The van der Waals surface area contributed by atoms with E-state index >= 15 is 0 Å². The molecule has 1 N–H and O–H groups in total. The van der Waals surface area contributed by atoms with E-state index in [0.29, 0.717) is 12.8 Å². The van der Waals surface area contributed by atoms with Gasteiger partial charge in [-0.2, -0.15) is 13.2 Å². The zero-order valence-electron chi connectivity index (χ0n) is 13.0. The molecule has 1 aromatic rings. The fourth-order valence-electron chi connectivity index (χ4n) is 2.46. The van der Waals surface area contributed by atoms with Crippen molar-refractivity contribution >= 4 is 17.6 Å². The number of aromatic nitrogens is 1. The number of aromatic carboxylic acids is 1. The predicted octanol–water partition coefficient (Wildman–Crippen LogP) is 3.12. The van der Waals surface area contributed by atoms with Gasteiger partial charge in [0, 0.05) is 13.1 Å². The second-order valence-electron chi connectivity index (χ2n) is 5.38. The van der Waals surface area contributed by atoms with Crippen LogP contribution in [0.3, 0.4) is 0 Å². The maximum atomic E-state index is 13.3. The molecular weight excluding hydrogens is 355 g/mol. The molecule has 0 bridgehead atoms. The number of alkyl halides is 5. The van der Waals surface area contributed by atoms with E-state index in [0.717, 1.165) is 12.0 Å². The minimum Gasteiger partial charge on any atom is -0.478 e. The summed E-state index contributed by atoms with van der Waals surface area (Å²) < 4.78 is 70.6. The van der Waals surface area contributed by atoms with Gasteiger partial charge in [0.05, 0.1) is 12.8 Å². The average molecular weight is 368 g/mol. The molecule has 1 aliphatic carbocycles. The van der Waals surface area contributed by atoms with E-state index in [1.807, 2.05) is 0 Å². The highest BCUT2D eigenvalue weighted by molar-refractivity contribution is 6.05. The van der Waals surface area contributed by atoms with Gasteiger partial charge in [-0.25, -0.2) is 23.4 Å². The molecule has 0 unspecified atom stereocenters. The lowest BCUT2D eigenvalue weighted by Crippen LogP contribution is -2.30. The molecule has 2 rings (SSSR count). The molecule has 138 valence electrons. The summed E-state index contributed by atoms with van der Waals surface area (Å²) in [7, 11) is 2.08. The Morgan fingerprint density at radius 3 is 2.20 bits per heavy atom. The van der Waals surface area contributed by atoms with Gasteiger partial charge in [0.2, 0.25) is 0 Å². The minimum absolute atomic E-state index is 0.365. The molecule has 0 aliphatic heterocycles. The summed E-state index contributed by atoms with van der Waals surface area (Å²) in [5.74, 6) is -3.42. The molecule has 1 aliphatic rings. The molecule has 25 heavy (non-hydrogen) atoms. The van der Waals surface area contributed by atoms with Crippen LogP contribution in [0, 0.1) is 0 Å². The number of rotatable bonds is 5. The maximum absolute atomic E-state index is 13.3. The molecule has 11 heteroatoms. The second kappa shape index (κ2) is 6.45. The number of carbonyl (C=O) groups is 2. The largest absolute Gasteiger partial charge is 0.478 e. The number of carbonyl (C=O) groups excluding carboxylic acids is 1. The number of anilines is 1. The molecule has 0 amide bonds. The average Bonchev–Trinajstić information content (AvgIpc) is 3.34. The van der Waals surface area contributed by atoms with Gasteiger partial charge in [0.25, 0.3) is 6.43 Å². The number of methoxy groups -OCH3 is 1. The Morgan fingerprint density at radius 2 is 1.84 bits per heavy atom. The van der Waals surface area contributed by atoms with Crippen LogP contribution in [0.5, 0.6) is 0 Å². The van der Waals surface area contributed by atoms with E-state index in [2.05, 4.69) is 9.72 Å². The van der Waals surface area contributed by atoms with Gasteiger partial charge in [0.1, 0.15) is 16.8 Å². The number of halogens is 5. The lowest BCUT2D eigenvalue weighted by atomic mass is 10.0. The molecule has 6 nitrogen and oxygen atoms in total. The summed E-state index contributed by atoms with van der Waals surface area (Å²) in [6.45, 7) is 0. The van der Waals surface area contributed by atoms with Crippen LogP contribution in [0.1, 0.15) is 51.4 Å². The van der Waals surface area contributed by atoms with Crippen molar-refractivity contribution in [3.8, 4) is 0 Å². The monoisotopic (exact) mass is 368 g/mol. The van der Waals surface area contributed by atoms with Crippen LogP contribution in [0.25, 0.3) is 0 Å². The highest BCUT2D eigenvalue weighted by atomic mass is 19.4. The van der Waals surface area contributed by atoms with Crippen molar-refractivity contribution < 1.29 is 41.4 Å². The van der Waals surface area contributed by atoms with Crippen LogP contribution < -0.4 is 4.90 Å². The lowest BCUT2D eigenvalue weighted by molar-refractivity contribution is -0.142. The molecule has 0 saturated heterocycles. The number of carboxylic acid groups (broad SMARTS) is 1. The molecule has 0 spiro atoms. The first-order valence-corrected chi connectivity index (χ1v) is 6.98. The first-order valence-electron chi connectivity index (χ1n) is 6.98. The molecular formula is C14H13F5N2O4. The summed E-state index contributed by atoms with van der Waals surface area (Å²) in [6, 6.07) is -0.365. The minimum atomic E-state index is -5.30. The van der Waals surface area contributed by atoms with Crippen LogP contribution in [-0.2, 0) is 10.9 Å². The Labute approximate surface area is 138 Å². The standard InChI is InChI=1S/C14H13F5N2O4/c1-21(5-3-4-5)9-6(13(24)25-2)8(11(15)16)20-10(14(17,18)19)7(9)12(22)23/h5,11H,3-4H2,1-2H3,(H,22,23). The summed E-state index contributed by atoms with van der Waals surface area (Å²) in [6.07, 6.45) is -7.80. The van der Waals surface area contributed by atoms with E-state index in [1.54, 1.807) is 0 Å². The van der Waals surface area contributed by atoms with Crippen molar-refractivity contribution in [1.29, 1.82) is 0 Å². The van der Waals surface area contributed by atoms with Crippen LogP contribution in [0.4, 0.5) is 27.6 Å². The van der Waals surface area contributed by atoms with E-state index in [-0.39, 0.29) is 6.04 Å². The van der Waals surface area contributed by atoms with Crippen LogP contribution >= 0.6 is 0 Å². The Morgan fingerprint density at radius 1 is 1.28 bits per heavy atom. The number of ether oxygens (including phenoxy) is 1. The van der Waals surface area contributed by atoms with Gasteiger partial charge in [-0.15, -0.1) is 0 Å². The smallest absolute Gasteiger partial charge is 0.434 e. The van der Waals surface area contributed by atoms with Gasteiger partial charge in [-0.1, -0.05) is 0 Å². The summed E-state index contributed by atoms with van der Waals surface area (Å²) in [4.78, 5) is 27.3. The second-order valence-corrected chi connectivity index (χ2v) is 5.38. The van der Waals surface area contributed by atoms with Crippen LogP contribution in [0.15, 0.2) is 0 Å². The molecule has 1 saturated carbocycles. The van der Waals surface area contributed by atoms with Crippen molar-refractivity contribution in [1.82, 2.24) is 4.98 Å². The van der Waals surface area contributed by atoms with Crippen LogP contribution in [0.2, 0.25) is 0 Å². The number of nitrogens with zero attached hydrogens (tertiary/aromatic N) is 2. The summed E-state index contributed by atoms with van der Waals surface area (Å²) >= 11 is 0. The van der Waals surface area contributed by atoms with Crippen molar-refractivity contribution in [2.75, 3.05) is 19.1 Å². The molecule has 0 atom stereocenters. The van der Waals surface area contributed by atoms with Crippen molar-refractivity contribution in [3.63, 3.8) is 0 Å². The van der Waals surface area contributed by atoms with E-state index in [1.165, 1.54) is 7.05 Å². The van der Waals surface area contributed by atoms with Crippen molar-refractivity contribution in [2.45, 2.75) is 31.5 Å². The number of esters is 1. The fraction of sp³-hybridized carbons (Fsp3) is 0.500. The molecule has 1 heterocycles. The highest BCUT2D eigenvalue weighted by Gasteiger charge is 2.45. The third kappa shape index (κ3) is 3.49. The number of hydrogen-bond donors (Lipinski definition) is 1. The van der Waals surface area contributed by atoms with E-state index in [4.69, 9.17) is 0 Å². The number of pyridine rings is 1. The molecule has 1 aromatic heterocycles. The van der Waals surface area contributed by atoms with Gasteiger partial charge in [-0.3, -0.25) is 0 Å². The summed E-state index contributed by atoms with van der Waals surface area (Å²) in [5.41, 5.74) is -6.54. The zero-order chi connectivity index (χ0) is 19.1. The quantitative estimate of drug-likeness (QED) is 0.636. The van der Waals surface area contributed by atoms with Crippen molar-refractivity contribution in [2.24, 2.45) is 0 Å². The topological polar surface area (TPSA) is 79.7 Å². The molecule has 0 radical (unpaired) electrons. The highest BCUT2D eigenvalue weighted by Crippen LogP contribution is 2.43. The summed E-state index contributed by atoms with van der Waals surface area (Å²) in [5, 5.41) is 9.26. The third-order valence-electron chi connectivity index (χ3n) is 3.72. The van der Waals surface area contributed by atoms with Gasteiger partial charge in [0.15, 0.2) is 5.69 Å². The number of hydrogen-bond acceptors (Lipinski definition) is 5. The molecule has 1 fully saturated rings. The van der Waals surface area contributed by atoms with E-state index < -0.39 is 52.7 Å². The van der Waals surface area contributed by atoms with Crippen molar-refractivity contribution in [3.05, 3.63) is 22.5 Å². The van der Waals surface area contributed by atoms with Crippen LogP contribution in [-0.4, -0.2) is 42.2 Å². The number of carboxylic acids is 1.